The van der Waals surface area contributed by atoms with Gasteiger partial charge in [-0.1, -0.05) is 40.9 Å². The summed E-state index contributed by atoms with van der Waals surface area (Å²) in [5, 5.41) is 13.6. The first-order valence-electron chi connectivity index (χ1n) is 10.8. The fraction of sp³-hybridized carbons (Fsp3) is 0.0357. The lowest BCUT2D eigenvalue weighted by molar-refractivity contribution is -0.105. The second-order valence-corrected chi connectivity index (χ2v) is 9.03. The van der Waals surface area contributed by atoms with Gasteiger partial charge < -0.3 is 15.3 Å². The lowest BCUT2D eigenvalue weighted by atomic mass is 10.00. The van der Waals surface area contributed by atoms with E-state index in [2.05, 4.69) is 5.32 Å². The topological polar surface area (TPSA) is 86.7 Å². The van der Waals surface area contributed by atoms with Crippen molar-refractivity contribution in [3.05, 3.63) is 123 Å². The molecule has 0 bridgehead atoms. The minimum atomic E-state index is -1.19. The Morgan fingerprint density at radius 3 is 1.76 bits per heavy atom. The summed E-state index contributed by atoms with van der Waals surface area (Å²) in [6.07, 6.45) is 0.427. The Balaban J connectivity index is 0.000000405. The number of ketones is 1. The molecule has 37 heavy (non-hydrogen) atoms. The Morgan fingerprint density at radius 1 is 0.730 bits per heavy atom. The fourth-order valence-corrected chi connectivity index (χ4v) is 3.87. The van der Waals surface area contributed by atoms with Crippen LogP contribution < -0.4 is 10.2 Å². The number of carbonyl (C=O) groups excluding carboxylic acids is 2. The molecule has 0 atom stereocenters. The summed E-state index contributed by atoms with van der Waals surface area (Å²) in [4.78, 5) is 36.8. The maximum absolute atomic E-state index is 12.8. The van der Waals surface area contributed by atoms with E-state index in [9.17, 15) is 19.5 Å². The molecule has 0 aliphatic carbocycles. The molecule has 4 aromatic carbocycles. The van der Waals surface area contributed by atoms with Gasteiger partial charge in [0.15, 0.2) is 5.78 Å². The predicted molar refractivity (Wildman–Crippen MR) is 149 cm³/mol. The highest BCUT2D eigenvalue weighted by atomic mass is 35.5. The van der Waals surface area contributed by atoms with Crippen molar-refractivity contribution in [1.29, 1.82) is 0 Å². The molecule has 0 unspecified atom stereocenters. The Hall–Kier alpha value is -3.84. The fourth-order valence-electron chi connectivity index (χ4n) is 3.31. The highest BCUT2D eigenvalue weighted by Gasteiger charge is 2.15. The smallest absolute Gasteiger partial charge is 0.335 e. The second kappa shape index (κ2) is 12.9. The van der Waals surface area contributed by atoms with Crippen LogP contribution in [0.25, 0.3) is 0 Å². The van der Waals surface area contributed by atoms with E-state index in [1.807, 2.05) is 30.1 Å². The van der Waals surface area contributed by atoms with Gasteiger partial charge in [-0.05, 0) is 84.9 Å². The third-order valence-corrected chi connectivity index (χ3v) is 5.91. The number of carboxylic acid groups (broad SMARTS) is 1. The number of halogens is 3. The summed E-state index contributed by atoms with van der Waals surface area (Å²) in [6, 6.07) is 25.4. The number of anilines is 3. The SMILES string of the molecule is CN(c1ccc(Cl)cc1)c1ccc(C(=O)c2cc(NC=O)cc(C(=O)O)c2)cc1.Clc1cccc(Cl)c1. The number of carbonyl (C=O) groups is 3. The van der Waals surface area contributed by atoms with Crippen molar-refractivity contribution in [1.82, 2.24) is 0 Å². The molecule has 0 radical (unpaired) electrons. The van der Waals surface area contributed by atoms with Gasteiger partial charge in [0.05, 0.1) is 5.56 Å². The van der Waals surface area contributed by atoms with Crippen LogP contribution in [0.2, 0.25) is 15.1 Å². The van der Waals surface area contributed by atoms with Crippen molar-refractivity contribution in [3.8, 4) is 0 Å². The van der Waals surface area contributed by atoms with Gasteiger partial charge in [-0.3, -0.25) is 9.59 Å². The third-order valence-electron chi connectivity index (χ3n) is 5.19. The number of hydrogen-bond donors (Lipinski definition) is 2. The van der Waals surface area contributed by atoms with Gasteiger partial charge in [-0.15, -0.1) is 0 Å². The van der Waals surface area contributed by atoms with Crippen molar-refractivity contribution < 1.29 is 19.5 Å². The number of amides is 1. The van der Waals surface area contributed by atoms with E-state index in [1.54, 1.807) is 54.6 Å². The summed E-state index contributed by atoms with van der Waals surface area (Å²) in [5.74, 6) is -1.53. The molecule has 188 valence electrons. The molecule has 0 fully saturated rings. The molecule has 0 aromatic heterocycles. The van der Waals surface area contributed by atoms with Crippen LogP contribution in [0.3, 0.4) is 0 Å². The Labute approximate surface area is 229 Å². The first kappa shape index (κ1) is 27.7. The van der Waals surface area contributed by atoms with Crippen LogP contribution in [0.15, 0.2) is 91.0 Å². The second-order valence-electron chi connectivity index (χ2n) is 7.72. The number of carboxylic acids is 1. The van der Waals surface area contributed by atoms with Gasteiger partial charge >= 0.3 is 5.97 Å². The van der Waals surface area contributed by atoms with Crippen molar-refractivity contribution >= 4 is 70.0 Å². The van der Waals surface area contributed by atoms with Crippen LogP contribution in [0.5, 0.6) is 0 Å². The summed E-state index contributed by atoms with van der Waals surface area (Å²) in [5.41, 5.74) is 2.53. The summed E-state index contributed by atoms with van der Waals surface area (Å²) in [6.45, 7) is 0. The van der Waals surface area contributed by atoms with Crippen LogP contribution >= 0.6 is 34.8 Å². The Kier molecular flexibility index (Phi) is 9.69. The Bertz CT molecular complexity index is 1390. The van der Waals surface area contributed by atoms with Crippen LogP contribution in [-0.4, -0.2) is 30.3 Å². The van der Waals surface area contributed by atoms with Gasteiger partial charge in [-0.2, -0.15) is 0 Å². The zero-order valence-corrected chi connectivity index (χ0v) is 21.8. The Morgan fingerprint density at radius 2 is 1.27 bits per heavy atom. The standard InChI is InChI=1S/C22H17ClN2O4.C6H4Cl2/c1-25(20-8-4-17(23)5-9-20)19-6-2-14(3-7-19)21(27)15-10-16(22(28)29)12-18(11-15)24-13-26;7-5-2-1-3-6(8)4-5/h2-13H,1H3,(H,24,26)(H,28,29);1-4H. The average Bonchev–Trinajstić information content (AvgIpc) is 2.88. The zero-order valence-electron chi connectivity index (χ0n) is 19.5. The average molecular weight is 556 g/mol. The predicted octanol–water partition coefficient (Wildman–Crippen LogP) is 7.60. The minimum absolute atomic E-state index is 0.0840. The molecule has 0 spiro atoms. The van der Waals surface area contributed by atoms with Crippen molar-refractivity contribution in [2.24, 2.45) is 0 Å². The molecule has 0 aliphatic rings. The number of aromatic carboxylic acids is 1. The molecule has 0 aliphatic heterocycles. The molecule has 0 saturated carbocycles. The number of rotatable bonds is 7. The van der Waals surface area contributed by atoms with Crippen molar-refractivity contribution in [3.63, 3.8) is 0 Å². The van der Waals surface area contributed by atoms with Gasteiger partial charge in [0.2, 0.25) is 6.41 Å². The molecule has 4 aromatic rings. The number of benzene rings is 4. The van der Waals surface area contributed by atoms with Crippen LogP contribution in [0.4, 0.5) is 17.1 Å². The maximum Gasteiger partial charge on any atom is 0.335 e. The summed E-state index contributed by atoms with van der Waals surface area (Å²) < 4.78 is 0. The van der Waals surface area contributed by atoms with Gasteiger partial charge in [0.1, 0.15) is 0 Å². The van der Waals surface area contributed by atoms with E-state index in [0.717, 1.165) is 11.4 Å². The summed E-state index contributed by atoms with van der Waals surface area (Å²) in [7, 11) is 1.90. The monoisotopic (exact) mass is 554 g/mol. The highest BCUT2D eigenvalue weighted by Crippen LogP contribution is 2.26. The molecule has 0 heterocycles. The van der Waals surface area contributed by atoms with E-state index in [-0.39, 0.29) is 22.6 Å². The third kappa shape index (κ3) is 7.82. The highest BCUT2D eigenvalue weighted by molar-refractivity contribution is 6.34. The van der Waals surface area contributed by atoms with Crippen LogP contribution in [-0.2, 0) is 4.79 Å². The molecule has 1 amide bonds. The molecule has 4 rings (SSSR count). The summed E-state index contributed by atoms with van der Waals surface area (Å²) >= 11 is 17.0. The van der Waals surface area contributed by atoms with E-state index in [4.69, 9.17) is 34.8 Å². The van der Waals surface area contributed by atoms with E-state index < -0.39 is 5.97 Å². The number of nitrogens with one attached hydrogen (secondary N) is 1. The number of hydrogen-bond acceptors (Lipinski definition) is 4. The van der Waals surface area contributed by atoms with Crippen molar-refractivity contribution in [2.45, 2.75) is 0 Å². The van der Waals surface area contributed by atoms with E-state index in [0.29, 0.717) is 27.0 Å². The lowest BCUT2D eigenvalue weighted by Gasteiger charge is -2.19. The van der Waals surface area contributed by atoms with Crippen LogP contribution in [0.1, 0.15) is 26.3 Å². The quantitative estimate of drug-likeness (QED) is 0.181. The molecule has 6 nitrogen and oxygen atoms in total. The zero-order chi connectivity index (χ0) is 26.9. The van der Waals surface area contributed by atoms with Gasteiger partial charge in [0.25, 0.3) is 0 Å². The largest absolute Gasteiger partial charge is 0.478 e. The molecular formula is C28H21Cl3N2O4. The first-order valence-corrected chi connectivity index (χ1v) is 11.9. The molecule has 2 N–H and O–H groups in total. The lowest BCUT2D eigenvalue weighted by Crippen LogP contribution is -2.10. The minimum Gasteiger partial charge on any atom is -0.478 e. The molecule has 0 saturated heterocycles. The van der Waals surface area contributed by atoms with Gasteiger partial charge in [-0.25, -0.2) is 4.79 Å². The first-order chi connectivity index (χ1) is 17.7. The molecule has 9 heteroatoms. The normalized spacial score (nSPS) is 10.1. The van der Waals surface area contributed by atoms with Crippen molar-refractivity contribution in [2.75, 3.05) is 17.3 Å². The van der Waals surface area contributed by atoms with E-state index >= 15 is 0 Å². The maximum atomic E-state index is 12.8. The van der Waals surface area contributed by atoms with E-state index in [1.165, 1.54) is 18.2 Å². The van der Waals surface area contributed by atoms with Gasteiger partial charge in [0, 0.05) is 50.3 Å². The number of nitrogens with zero attached hydrogens (tertiary/aromatic N) is 1. The van der Waals surface area contributed by atoms with Crippen LogP contribution in [0, 0.1) is 0 Å². The molecular weight excluding hydrogens is 535 g/mol.